The number of hydrogen-bond acceptors (Lipinski definition) is 4. The van der Waals surface area contributed by atoms with Gasteiger partial charge in [0.25, 0.3) is 0 Å². The third kappa shape index (κ3) is 5.06. The molecule has 19 heavy (non-hydrogen) atoms. The first-order valence-corrected chi connectivity index (χ1v) is 6.68. The Kier molecular flexibility index (Phi) is 5.17. The lowest BCUT2D eigenvalue weighted by molar-refractivity contribution is -0.135. The van der Waals surface area contributed by atoms with Crippen LogP contribution < -0.4 is 5.32 Å². The zero-order chi connectivity index (χ0) is 14.6. The highest BCUT2D eigenvalue weighted by atomic mass is 79.9. The second-order valence-corrected chi connectivity index (χ2v) is 5.97. The molecule has 0 fully saturated rings. The Morgan fingerprint density at radius 1 is 1.42 bits per heavy atom. The molecule has 0 radical (unpaired) electrons. The van der Waals surface area contributed by atoms with Crippen molar-refractivity contribution in [3.63, 3.8) is 0 Å². The van der Waals surface area contributed by atoms with E-state index < -0.39 is 17.7 Å². The number of amides is 1. The lowest BCUT2D eigenvalue weighted by atomic mass is 10.0. The van der Waals surface area contributed by atoms with Crippen LogP contribution in [0.15, 0.2) is 22.2 Å². The van der Waals surface area contributed by atoms with Gasteiger partial charge in [0.05, 0.1) is 18.7 Å². The van der Waals surface area contributed by atoms with Crippen molar-refractivity contribution in [3.8, 4) is 0 Å². The van der Waals surface area contributed by atoms with Crippen LogP contribution in [-0.4, -0.2) is 30.8 Å². The zero-order valence-corrected chi connectivity index (χ0v) is 13.0. The van der Waals surface area contributed by atoms with Gasteiger partial charge in [-0.15, -0.1) is 0 Å². The van der Waals surface area contributed by atoms with Crippen LogP contribution in [0.2, 0.25) is 0 Å². The molecule has 6 heteroatoms. The van der Waals surface area contributed by atoms with Crippen LogP contribution in [0.3, 0.4) is 0 Å². The summed E-state index contributed by atoms with van der Waals surface area (Å²) in [5.41, 5.74) is -0.154. The smallest absolute Gasteiger partial charge is 0.408 e. The molecular weight excluding hydrogens is 314 g/mol. The van der Waals surface area contributed by atoms with Gasteiger partial charge in [-0.05, 0) is 33.3 Å². The van der Waals surface area contributed by atoms with Gasteiger partial charge in [0.2, 0.25) is 0 Å². The molecule has 106 valence electrons. The molecule has 0 bridgehead atoms. The average Bonchev–Trinajstić information content (AvgIpc) is 2.28. The number of methoxy groups -OCH3 is 1. The number of carbonyl (C=O) groups is 2. The molecule has 0 heterocycles. The summed E-state index contributed by atoms with van der Waals surface area (Å²) in [6.07, 6.45) is 3.54. The van der Waals surface area contributed by atoms with E-state index in [4.69, 9.17) is 4.74 Å². The topological polar surface area (TPSA) is 64.6 Å². The molecule has 1 N–H and O–H groups in total. The molecule has 0 spiro atoms. The maximum absolute atomic E-state index is 11.6. The van der Waals surface area contributed by atoms with E-state index >= 15 is 0 Å². The Bertz CT molecular complexity index is 434. The normalized spacial score (nSPS) is 19.1. The van der Waals surface area contributed by atoms with Crippen molar-refractivity contribution in [1.29, 1.82) is 0 Å². The number of esters is 1. The minimum atomic E-state index is -0.552. The van der Waals surface area contributed by atoms with E-state index in [1.807, 2.05) is 6.08 Å². The molecule has 1 aliphatic rings. The number of nitrogens with one attached hydrogen (secondary N) is 1. The molecule has 0 aliphatic heterocycles. The third-order valence-electron chi connectivity index (χ3n) is 2.28. The number of ether oxygens (including phenoxy) is 2. The van der Waals surface area contributed by atoms with Crippen molar-refractivity contribution in [1.82, 2.24) is 5.32 Å². The molecule has 1 atom stereocenters. The summed E-state index contributed by atoms with van der Waals surface area (Å²) in [6, 6.07) is -0.287. The molecular formula is C13H18BrNO4. The first kappa shape index (κ1) is 15.8. The monoisotopic (exact) mass is 331 g/mol. The summed E-state index contributed by atoms with van der Waals surface area (Å²) >= 11 is 3.29. The second-order valence-electron chi connectivity index (χ2n) is 5.11. The van der Waals surface area contributed by atoms with E-state index in [1.54, 1.807) is 26.8 Å². The van der Waals surface area contributed by atoms with Gasteiger partial charge in [-0.1, -0.05) is 22.0 Å². The van der Waals surface area contributed by atoms with Crippen molar-refractivity contribution in [2.24, 2.45) is 0 Å². The molecule has 1 aliphatic carbocycles. The zero-order valence-electron chi connectivity index (χ0n) is 11.5. The van der Waals surface area contributed by atoms with Gasteiger partial charge >= 0.3 is 12.1 Å². The van der Waals surface area contributed by atoms with Gasteiger partial charge < -0.3 is 14.8 Å². The quantitative estimate of drug-likeness (QED) is 0.790. The largest absolute Gasteiger partial charge is 0.465 e. The fourth-order valence-electron chi connectivity index (χ4n) is 1.52. The number of alkyl carbamates (subject to hydrolysis) is 1. The van der Waals surface area contributed by atoms with Crippen molar-refractivity contribution in [2.45, 2.75) is 38.8 Å². The molecule has 0 aromatic rings. The van der Waals surface area contributed by atoms with Crippen LogP contribution in [0.1, 0.15) is 27.2 Å². The van der Waals surface area contributed by atoms with Crippen LogP contribution in [0.5, 0.6) is 0 Å². The Labute approximate surface area is 121 Å². The molecule has 1 unspecified atom stereocenters. The molecule has 0 aromatic heterocycles. The van der Waals surface area contributed by atoms with Gasteiger partial charge in [-0.2, -0.15) is 0 Å². The first-order chi connectivity index (χ1) is 8.73. The fraction of sp³-hybridized carbons (Fsp3) is 0.538. The first-order valence-electron chi connectivity index (χ1n) is 5.88. The van der Waals surface area contributed by atoms with Gasteiger partial charge in [0, 0.05) is 4.48 Å². The van der Waals surface area contributed by atoms with Gasteiger partial charge in [0.15, 0.2) is 0 Å². The number of carbonyl (C=O) groups excluding carboxylic acids is 2. The second kappa shape index (κ2) is 6.23. The van der Waals surface area contributed by atoms with Crippen molar-refractivity contribution in [2.75, 3.05) is 7.11 Å². The van der Waals surface area contributed by atoms with E-state index in [-0.39, 0.29) is 6.04 Å². The maximum atomic E-state index is 11.6. The van der Waals surface area contributed by atoms with E-state index in [1.165, 1.54) is 7.11 Å². The highest BCUT2D eigenvalue weighted by Gasteiger charge is 2.23. The van der Waals surface area contributed by atoms with E-state index in [0.29, 0.717) is 16.5 Å². The Hall–Kier alpha value is -1.30. The Morgan fingerprint density at radius 2 is 2.05 bits per heavy atom. The standard InChI is InChI=1S/C13H18BrNO4/c1-13(2,3)19-12(17)15-8-5-6-10(14)9(7-8)11(16)18-4/h6-8H,5H2,1-4H3,(H,15,17). The van der Waals surface area contributed by atoms with Gasteiger partial charge in [0.1, 0.15) is 5.60 Å². The lowest BCUT2D eigenvalue weighted by Gasteiger charge is -2.23. The minimum Gasteiger partial charge on any atom is -0.465 e. The van der Waals surface area contributed by atoms with Gasteiger partial charge in [-0.3, -0.25) is 0 Å². The minimum absolute atomic E-state index is 0.287. The molecule has 5 nitrogen and oxygen atoms in total. The summed E-state index contributed by atoms with van der Waals surface area (Å²) in [7, 11) is 1.31. The van der Waals surface area contributed by atoms with Crippen LogP contribution in [-0.2, 0) is 14.3 Å². The highest BCUT2D eigenvalue weighted by Crippen LogP contribution is 2.25. The molecule has 0 saturated carbocycles. The predicted molar refractivity (Wildman–Crippen MR) is 74.9 cm³/mol. The summed E-state index contributed by atoms with van der Waals surface area (Å²) in [4.78, 5) is 23.2. The summed E-state index contributed by atoms with van der Waals surface area (Å²) in [5.74, 6) is -0.446. The van der Waals surface area contributed by atoms with Crippen LogP contribution in [0, 0.1) is 0 Å². The molecule has 0 aromatic carbocycles. The predicted octanol–water partition coefficient (Wildman–Crippen LogP) is 2.66. The fourth-order valence-corrected chi connectivity index (χ4v) is 2.01. The molecule has 0 saturated heterocycles. The highest BCUT2D eigenvalue weighted by molar-refractivity contribution is 9.12. The van der Waals surface area contributed by atoms with Crippen molar-refractivity contribution >= 4 is 28.0 Å². The van der Waals surface area contributed by atoms with E-state index in [0.717, 1.165) is 0 Å². The van der Waals surface area contributed by atoms with Crippen LogP contribution >= 0.6 is 15.9 Å². The SMILES string of the molecule is COC(=O)C1=CC(NC(=O)OC(C)(C)C)CC=C1Br. The Morgan fingerprint density at radius 3 is 2.58 bits per heavy atom. The molecule has 1 amide bonds. The molecule has 1 rings (SSSR count). The van der Waals surface area contributed by atoms with Crippen LogP contribution in [0.4, 0.5) is 4.79 Å². The van der Waals surface area contributed by atoms with E-state index in [2.05, 4.69) is 26.0 Å². The third-order valence-corrected chi connectivity index (χ3v) is 3.03. The van der Waals surface area contributed by atoms with E-state index in [9.17, 15) is 9.59 Å². The summed E-state index contributed by atoms with van der Waals surface area (Å²) < 4.78 is 10.5. The summed E-state index contributed by atoms with van der Waals surface area (Å²) in [6.45, 7) is 5.37. The summed E-state index contributed by atoms with van der Waals surface area (Å²) in [5, 5.41) is 2.69. The number of rotatable bonds is 2. The lowest BCUT2D eigenvalue weighted by Crippen LogP contribution is -2.39. The number of halogens is 1. The Balaban J connectivity index is 2.69. The maximum Gasteiger partial charge on any atom is 0.408 e. The van der Waals surface area contributed by atoms with Crippen LogP contribution in [0.25, 0.3) is 0 Å². The van der Waals surface area contributed by atoms with Gasteiger partial charge in [-0.25, -0.2) is 9.59 Å². The number of hydrogen-bond donors (Lipinski definition) is 1. The average molecular weight is 332 g/mol. The van der Waals surface area contributed by atoms with Crippen molar-refractivity contribution < 1.29 is 19.1 Å². The van der Waals surface area contributed by atoms with Crippen molar-refractivity contribution in [3.05, 3.63) is 22.2 Å².